The second kappa shape index (κ2) is 11.4. The Morgan fingerprint density at radius 1 is 1.14 bits per heavy atom. The van der Waals surface area contributed by atoms with Crippen LogP contribution in [0.5, 0.6) is 0 Å². The number of aliphatic imine (C=N–C) groups is 1. The van der Waals surface area contributed by atoms with E-state index in [1.807, 2.05) is 35.9 Å². The van der Waals surface area contributed by atoms with Crippen molar-refractivity contribution in [1.82, 2.24) is 0 Å². The molecule has 37 heavy (non-hydrogen) atoms. The molecular formula is C26H27F3N2O5S. The number of hydrogen-bond acceptors (Lipinski definition) is 7. The van der Waals surface area contributed by atoms with Gasteiger partial charge in [-0.05, 0) is 43.0 Å². The van der Waals surface area contributed by atoms with E-state index in [-0.39, 0.29) is 16.8 Å². The van der Waals surface area contributed by atoms with Crippen LogP contribution in [0.25, 0.3) is 11.1 Å². The number of alkyl halides is 3. The zero-order chi connectivity index (χ0) is 27.4. The van der Waals surface area contributed by atoms with Crippen LogP contribution in [-0.4, -0.2) is 51.2 Å². The molecule has 3 atom stereocenters. The molecule has 2 aromatic carbocycles. The molecule has 198 valence electrons. The molecule has 0 spiro atoms. The number of aliphatic hydroxyl groups is 3. The largest absolute Gasteiger partial charge is 0.510 e. The number of allylic oxidation sites excluding steroid dienone is 1. The summed E-state index contributed by atoms with van der Waals surface area (Å²) in [5.41, 5.74) is 0.587. The van der Waals surface area contributed by atoms with Crippen LogP contribution in [-0.2, 0) is 11.0 Å². The van der Waals surface area contributed by atoms with Crippen molar-refractivity contribution in [3.8, 4) is 11.1 Å². The average molecular weight is 537 g/mol. The Hall–Kier alpha value is -3.28. The summed E-state index contributed by atoms with van der Waals surface area (Å²) in [7, 11) is 0. The van der Waals surface area contributed by atoms with Crippen LogP contribution in [0, 0.1) is 11.3 Å². The summed E-state index contributed by atoms with van der Waals surface area (Å²) < 4.78 is 38.0. The number of thioether (sulfide) groups is 1. The number of carbonyl (C=O) groups is 1. The van der Waals surface area contributed by atoms with Crippen molar-refractivity contribution in [2.24, 2.45) is 16.3 Å². The third-order valence-corrected chi connectivity index (χ3v) is 7.15. The van der Waals surface area contributed by atoms with Gasteiger partial charge >= 0.3 is 12.1 Å². The van der Waals surface area contributed by atoms with Crippen LogP contribution in [0.4, 0.5) is 18.9 Å². The quantitative estimate of drug-likeness (QED) is 0.412. The van der Waals surface area contributed by atoms with Gasteiger partial charge in [-0.2, -0.15) is 13.2 Å². The second-order valence-corrected chi connectivity index (χ2v) is 9.71. The molecule has 4 N–H and O–H groups in total. The average Bonchev–Trinajstić information content (AvgIpc) is 3.31. The Labute approximate surface area is 216 Å². The summed E-state index contributed by atoms with van der Waals surface area (Å²) in [4.78, 5) is 16.9. The maximum atomic E-state index is 12.7. The minimum Gasteiger partial charge on any atom is -0.510 e. The molecule has 11 heteroatoms. The molecule has 0 saturated heterocycles. The number of benzene rings is 2. The lowest BCUT2D eigenvalue weighted by molar-refractivity contribution is -0.150. The number of halogens is 3. The lowest BCUT2D eigenvalue weighted by Crippen LogP contribution is -2.47. The molecule has 4 rings (SSSR count). The first-order chi connectivity index (χ1) is 17.5. The highest BCUT2D eigenvalue weighted by Gasteiger charge is 2.48. The molecule has 0 saturated carbocycles. The highest BCUT2D eigenvalue weighted by Crippen LogP contribution is 2.39. The van der Waals surface area contributed by atoms with Crippen molar-refractivity contribution >= 4 is 29.6 Å². The Kier molecular flexibility index (Phi) is 8.72. The Bertz CT molecular complexity index is 1210. The van der Waals surface area contributed by atoms with Crippen LogP contribution in [0.3, 0.4) is 0 Å². The van der Waals surface area contributed by atoms with E-state index in [9.17, 15) is 23.1 Å². The molecule has 3 unspecified atom stereocenters. The fourth-order valence-corrected chi connectivity index (χ4v) is 4.74. The van der Waals surface area contributed by atoms with Gasteiger partial charge in [-0.15, -0.1) is 11.8 Å². The van der Waals surface area contributed by atoms with Gasteiger partial charge in [-0.25, -0.2) is 0 Å². The van der Waals surface area contributed by atoms with Crippen LogP contribution in [0.2, 0.25) is 0 Å². The number of carboxylic acid groups (broad SMARTS) is 1. The normalized spacial score (nSPS) is 23.2. The number of aliphatic hydroxyl groups excluding tert-OH is 3. The number of para-hydroxylation sites is 1. The molecule has 2 aromatic rings. The lowest BCUT2D eigenvalue weighted by atomic mass is 9.74. The van der Waals surface area contributed by atoms with Gasteiger partial charge in [-0.1, -0.05) is 30.3 Å². The number of anilines is 1. The van der Waals surface area contributed by atoms with Gasteiger partial charge in [0.05, 0.1) is 35.8 Å². The number of aliphatic carboxylic acids is 1. The van der Waals surface area contributed by atoms with E-state index in [1.54, 1.807) is 11.8 Å². The summed E-state index contributed by atoms with van der Waals surface area (Å²) in [6.07, 6.45) is -1.25. The van der Waals surface area contributed by atoms with Crippen molar-refractivity contribution in [3.63, 3.8) is 0 Å². The third-order valence-electron chi connectivity index (χ3n) is 6.25. The summed E-state index contributed by atoms with van der Waals surface area (Å²) in [6, 6.07) is 13.1. The van der Waals surface area contributed by atoms with Gasteiger partial charge in [0.2, 0.25) is 0 Å². The summed E-state index contributed by atoms with van der Waals surface area (Å²) in [5.74, 6) is -2.68. The van der Waals surface area contributed by atoms with Crippen molar-refractivity contribution in [1.29, 1.82) is 0 Å². The predicted molar refractivity (Wildman–Crippen MR) is 137 cm³/mol. The van der Waals surface area contributed by atoms with Crippen molar-refractivity contribution in [2.75, 3.05) is 18.1 Å². The number of hydrogen-bond donors (Lipinski definition) is 4. The third kappa shape index (κ3) is 5.84. The molecule has 0 amide bonds. The first-order valence-corrected chi connectivity index (χ1v) is 12.2. The van der Waals surface area contributed by atoms with Gasteiger partial charge < -0.3 is 25.3 Å². The van der Waals surface area contributed by atoms with E-state index in [0.29, 0.717) is 0 Å². The van der Waals surface area contributed by atoms with Crippen molar-refractivity contribution in [2.45, 2.75) is 25.4 Å². The fourth-order valence-electron chi connectivity index (χ4n) is 4.00. The minimum atomic E-state index is -4.30. The zero-order valence-corrected chi connectivity index (χ0v) is 20.9. The standard InChI is InChI=1S/C17H14F3NS.C9H13NO5/c1-12-21(10-11-22-12)16-5-3-2-4-15(16)13-6-8-14(9-7-13)17(18,19)20;1-5-7(13)6(2-11)9(4-12,3-10-5)8(14)15/h2-12H,1H3;3,6,11-13H,2,4H2,1H3,(H,14,15). The number of carboxylic acids is 1. The maximum absolute atomic E-state index is 12.7. The van der Waals surface area contributed by atoms with Gasteiger partial charge in [0.15, 0.2) is 0 Å². The highest BCUT2D eigenvalue weighted by molar-refractivity contribution is 8.03. The van der Waals surface area contributed by atoms with E-state index in [2.05, 4.69) is 16.8 Å². The molecule has 0 aromatic heterocycles. The molecule has 2 aliphatic rings. The highest BCUT2D eigenvalue weighted by atomic mass is 32.2. The monoisotopic (exact) mass is 536 g/mol. The molecule has 0 bridgehead atoms. The number of nitrogens with zero attached hydrogens (tertiary/aromatic N) is 2. The van der Waals surface area contributed by atoms with E-state index < -0.39 is 42.3 Å². The molecule has 2 heterocycles. The molecule has 0 radical (unpaired) electrons. The van der Waals surface area contributed by atoms with E-state index >= 15 is 0 Å². The molecule has 7 nitrogen and oxygen atoms in total. The van der Waals surface area contributed by atoms with E-state index in [4.69, 9.17) is 15.3 Å². The SMILES string of the molecule is CC1=C(O)C(CO)C(CO)(C(=O)O)C=N1.CC1SC=CN1c1ccccc1-c1ccc(C(F)(F)F)cc1. The fraction of sp³-hybridized carbons (Fsp3) is 0.308. The van der Waals surface area contributed by atoms with Crippen LogP contribution in [0.1, 0.15) is 19.4 Å². The maximum Gasteiger partial charge on any atom is 0.416 e. The first-order valence-electron chi connectivity index (χ1n) is 11.2. The number of rotatable bonds is 5. The predicted octanol–water partition coefficient (Wildman–Crippen LogP) is 5.27. The van der Waals surface area contributed by atoms with Gasteiger partial charge in [0.1, 0.15) is 11.2 Å². The topological polar surface area (TPSA) is 114 Å². The second-order valence-electron chi connectivity index (χ2n) is 8.49. The van der Waals surface area contributed by atoms with Gasteiger partial charge in [0.25, 0.3) is 0 Å². The zero-order valence-electron chi connectivity index (χ0n) is 20.1. The molecule has 0 aliphatic carbocycles. The van der Waals surface area contributed by atoms with Crippen LogP contribution < -0.4 is 4.90 Å². The van der Waals surface area contributed by atoms with Gasteiger partial charge in [0, 0.05) is 23.7 Å². The lowest BCUT2D eigenvalue weighted by Gasteiger charge is -2.33. The minimum absolute atomic E-state index is 0.249. The molecular weight excluding hydrogens is 509 g/mol. The summed E-state index contributed by atoms with van der Waals surface area (Å²) in [5, 5.41) is 39.0. The summed E-state index contributed by atoms with van der Waals surface area (Å²) in [6.45, 7) is 2.29. The van der Waals surface area contributed by atoms with E-state index in [0.717, 1.165) is 35.2 Å². The van der Waals surface area contributed by atoms with E-state index in [1.165, 1.54) is 19.1 Å². The smallest absolute Gasteiger partial charge is 0.416 e. The first kappa shape index (κ1) is 28.3. The van der Waals surface area contributed by atoms with Crippen molar-refractivity contribution in [3.05, 3.63) is 77.2 Å². The molecule has 2 aliphatic heterocycles. The Morgan fingerprint density at radius 2 is 1.78 bits per heavy atom. The Morgan fingerprint density at radius 3 is 2.30 bits per heavy atom. The van der Waals surface area contributed by atoms with Crippen LogP contribution >= 0.6 is 11.8 Å². The Balaban J connectivity index is 0.000000222. The van der Waals surface area contributed by atoms with Crippen molar-refractivity contribution < 1.29 is 38.4 Å². The van der Waals surface area contributed by atoms with Gasteiger partial charge in [-0.3, -0.25) is 9.79 Å². The van der Waals surface area contributed by atoms with Crippen LogP contribution in [0.15, 0.2) is 76.6 Å². The molecule has 0 fully saturated rings. The summed E-state index contributed by atoms with van der Waals surface area (Å²) >= 11 is 1.71.